The zero-order chi connectivity index (χ0) is 11.6. The van der Waals surface area contributed by atoms with Crippen LogP contribution in [-0.4, -0.2) is 9.91 Å². The van der Waals surface area contributed by atoms with E-state index in [2.05, 4.69) is 20.9 Å². The molecule has 0 aliphatic rings. The molecule has 7 heteroatoms. The van der Waals surface area contributed by atoms with Crippen LogP contribution in [0.2, 0.25) is 0 Å². The second-order valence-electron chi connectivity index (χ2n) is 2.84. The van der Waals surface area contributed by atoms with E-state index in [0.717, 1.165) is 0 Å². The average molecular weight is 281 g/mol. The third-order valence-electron chi connectivity index (χ3n) is 2.00. The van der Waals surface area contributed by atoms with Crippen molar-refractivity contribution in [3.8, 4) is 0 Å². The molecule has 0 N–H and O–H groups in total. The van der Waals surface area contributed by atoms with E-state index in [0.29, 0.717) is 10.9 Å². The van der Waals surface area contributed by atoms with Crippen LogP contribution < -0.4 is 0 Å². The van der Waals surface area contributed by atoms with Crippen LogP contribution >= 0.6 is 15.9 Å². The van der Waals surface area contributed by atoms with Crippen LogP contribution in [0.4, 0.5) is 14.6 Å². The largest absolute Gasteiger partial charge is 0.372 e. The Morgan fingerprint density at radius 1 is 1.67 bits per heavy atom. The van der Waals surface area contributed by atoms with Gasteiger partial charge in [0.05, 0.1) is 0 Å². The topological polar surface area (TPSA) is 56.0 Å². The first-order valence-electron chi connectivity index (χ1n) is 3.96. The number of aromatic nitrogens is 1. The van der Waals surface area contributed by atoms with Crippen molar-refractivity contribution in [2.24, 2.45) is 0 Å². The number of rotatable bonds is 3. The van der Waals surface area contributed by atoms with Gasteiger partial charge in [-0.2, -0.15) is 0 Å². The van der Waals surface area contributed by atoms with E-state index in [4.69, 9.17) is 0 Å². The molecule has 0 fully saturated rings. The van der Waals surface area contributed by atoms with Crippen molar-refractivity contribution in [1.29, 1.82) is 0 Å². The number of pyridine rings is 1. The van der Waals surface area contributed by atoms with Crippen molar-refractivity contribution in [1.82, 2.24) is 4.98 Å². The van der Waals surface area contributed by atoms with E-state index in [1.54, 1.807) is 0 Å². The van der Waals surface area contributed by atoms with Gasteiger partial charge in [0.1, 0.15) is 11.8 Å². The van der Waals surface area contributed by atoms with Crippen molar-refractivity contribution in [2.45, 2.75) is 18.7 Å². The predicted molar refractivity (Wildman–Crippen MR) is 53.2 cm³/mol. The zero-order valence-electron chi connectivity index (χ0n) is 7.71. The quantitative estimate of drug-likeness (QED) is 0.486. The number of hydrogen-bond acceptors (Lipinski definition) is 3. The van der Waals surface area contributed by atoms with Gasteiger partial charge in [-0.3, -0.25) is 0 Å². The van der Waals surface area contributed by atoms with Gasteiger partial charge in [-0.1, -0.05) is 15.9 Å². The summed E-state index contributed by atoms with van der Waals surface area (Å²) in [5.41, 5.74) is 0.136. The molecule has 1 aromatic heterocycles. The van der Waals surface area contributed by atoms with Crippen LogP contribution in [0.25, 0.3) is 0 Å². The summed E-state index contributed by atoms with van der Waals surface area (Å²) in [5, 5.41) is 10.8. The first-order chi connectivity index (χ1) is 6.99. The van der Waals surface area contributed by atoms with Crippen molar-refractivity contribution in [3.05, 3.63) is 33.0 Å². The van der Waals surface area contributed by atoms with E-state index in [9.17, 15) is 18.9 Å². The fourth-order valence-electron chi connectivity index (χ4n) is 1.19. The molecule has 0 radical (unpaired) electrons. The van der Waals surface area contributed by atoms with E-state index in [-0.39, 0.29) is 5.56 Å². The molecule has 4 nitrogen and oxygen atoms in total. The predicted octanol–water partition coefficient (Wildman–Crippen LogP) is 3.13. The van der Waals surface area contributed by atoms with Crippen LogP contribution in [0.15, 0.2) is 6.20 Å². The number of nitro groups is 1. The van der Waals surface area contributed by atoms with Gasteiger partial charge in [-0.15, -0.1) is 0 Å². The van der Waals surface area contributed by atoms with Crippen molar-refractivity contribution < 1.29 is 13.7 Å². The highest BCUT2D eigenvalue weighted by atomic mass is 79.9. The lowest BCUT2D eigenvalue weighted by molar-refractivity contribution is -0.391. The Morgan fingerprint density at radius 3 is 2.67 bits per heavy atom. The lowest BCUT2D eigenvalue weighted by Crippen LogP contribution is -2.04. The number of halogens is 3. The van der Waals surface area contributed by atoms with E-state index in [1.165, 1.54) is 13.1 Å². The van der Waals surface area contributed by atoms with Crippen molar-refractivity contribution >= 4 is 21.7 Å². The highest BCUT2D eigenvalue weighted by Gasteiger charge is 2.27. The van der Waals surface area contributed by atoms with Gasteiger partial charge in [0.2, 0.25) is 0 Å². The molecule has 0 bridgehead atoms. The highest BCUT2D eigenvalue weighted by molar-refractivity contribution is 9.08. The van der Waals surface area contributed by atoms with E-state index >= 15 is 0 Å². The second-order valence-corrected chi connectivity index (χ2v) is 3.40. The van der Waals surface area contributed by atoms with Gasteiger partial charge < -0.3 is 10.1 Å². The molecule has 0 unspecified atom stereocenters. The maximum atomic E-state index is 12.6. The lowest BCUT2D eigenvalue weighted by atomic mass is 10.1. The summed E-state index contributed by atoms with van der Waals surface area (Å²) in [4.78, 5) is 13.0. The number of alkyl halides is 3. The van der Waals surface area contributed by atoms with Crippen LogP contribution in [0, 0.1) is 17.0 Å². The third kappa shape index (κ3) is 2.28. The molecule has 82 valence electrons. The minimum Gasteiger partial charge on any atom is -0.358 e. The molecule has 0 spiro atoms. The Labute approximate surface area is 92.6 Å². The average Bonchev–Trinajstić information content (AvgIpc) is 2.16. The Kier molecular flexibility index (Phi) is 3.67. The molecule has 15 heavy (non-hydrogen) atoms. The first-order valence-corrected chi connectivity index (χ1v) is 5.08. The van der Waals surface area contributed by atoms with Gasteiger partial charge in [-0.25, -0.2) is 8.78 Å². The number of nitrogens with zero attached hydrogens (tertiary/aromatic N) is 2. The molecule has 0 amide bonds. The van der Waals surface area contributed by atoms with Crippen LogP contribution in [-0.2, 0) is 5.33 Å². The van der Waals surface area contributed by atoms with Gasteiger partial charge in [0.15, 0.2) is 0 Å². The molecule has 1 rings (SSSR count). The molecule has 0 aliphatic heterocycles. The summed E-state index contributed by atoms with van der Waals surface area (Å²) in [6.07, 6.45) is -1.66. The summed E-state index contributed by atoms with van der Waals surface area (Å²) >= 11 is 3.10. The Hall–Kier alpha value is -1.11. The number of hydrogen-bond donors (Lipinski definition) is 0. The summed E-state index contributed by atoms with van der Waals surface area (Å²) in [6.45, 7) is 1.42. The summed E-state index contributed by atoms with van der Waals surface area (Å²) in [5.74, 6) is -0.771. The molecule has 0 aliphatic carbocycles. The minimum absolute atomic E-state index is 0.212. The summed E-state index contributed by atoms with van der Waals surface area (Å²) in [7, 11) is 0. The third-order valence-corrected chi connectivity index (χ3v) is 2.61. The molecule has 0 saturated carbocycles. The van der Waals surface area contributed by atoms with Crippen LogP contribution in [0.5, 0.6) is 0 Å². The SMILES string of the molecule is Cc1c(CBr)cnc([N+](=O)[O-])c1C(F)F. The van der Waals surface area contributed by atoms with E-state index in [1.807, 2.05) is 0 Å². The Bertz CT molecular complexity index is 398. The maximum Gasteiger partial charge on any atom is 0.372 e. The molecule has 1 heterocycles. The molecule has 0 saturated heterocycles. The summed E-state index contributed by atoms with van der Waals surface area (Å²) in [6, 6.07) is 0. The first kappa shape index (κ1) is 12.0. The lowest BCUT2D eigenvalue weighted by Gasteiger charge is -2.07. The van der Waals surface area contributed by atoms with Gasteiger partial charge in [-0.05, 0) is 22.4 Å². The monoisotopic (exact) mass is 280 g/mol. The van der Waals surface area contributed by atoms with Crippen molar-refractivity contribution in [3.63, 3.8) is 0 Å². The smallest absolute Gasteiger partial charge is 0.358 e. The van der Waals surface area contributed by atoms with Gasteiger partial charge in [0, 0.05) is 10.9 Å². The van der Waals surface area contributed by atoms with Crippen molar-refractivity contribution in [2.75, 3.05) is 0 Å². The fourth-order valence-corrected chi connectivity index (χ4v) is 1.75. The standard InChI is InChI=1S/C8H7BrF2N2O2/c1-4-5(2-9)3-12-8(13(14)15)6(4)7(10)11/h3,7H,2H2,1H3. The van der Waals surface area contributed by atoms with Crippen LogP contribution in [0.3, 0.4) is 0 Å². The molecule has 0 atom stereocenters. The fraction of sp³-hybridized carbons (Fsp3) is 0.375. The molecular formula is C8H7BrF2N2O2. The summed E-state index contributed by atoms with van der Waals surface area (Å²) < 4.78 is 25.2. The molecular weight excluding hydrogens is 274 g/mol. The highest BCUT2D eigenvalue weighted by Crippen LogP contribution is 2.32. The molecule has 0 aromatic carbocycles. The second kappa shape index (κ2) is 4.61. The van der Waals surface area contributed by atoms with Gasteiger partial charge in [0.25, 0.3) is 6.43 Å². The minimum atomic E-state index is -2.89. The van der Waals surface area contributed by atoms with Crippen LogP contribution in [0.1, 0.15) is 23.1 Å². The molecule has 1 aromatic rings. The zero-order valence-corrected chi connectivity index (χ0v) is 9.29. The Morgan fingerprint density at radius 2 is 2.27 bits per heavy atom. The van der Waals surface area contributed by atoms with E-state index < -0.39 is 22.7 Å². The maximum absolute atomic E-state index is 12.6. The van der Waals surface area contributed by atoms with Gasteiger partial charge >= 0.3 is 5.82 Å². The Balaban J connectivity index is 3.44. The normalized spacial score (nSPS) is 10.7.